The van der Waals surface area contributed by atoms with Crippen LogP contribution in [0.25, 0.3) is 0 Å². The lowest BCUT2D eigenvalue weighted by molar-refractivity contribution is -0.143. The molecule has 5 nitrogen and oxygen atoms in total. The molecule has 1 aromatic carbocycles. The maximum Gasteiger partial charge on any atom is 0.416 e. The van der Waals surface area contributed by atoms with Crippen LogP contribution in [0.4, 0.5) is 26.3 Å². The second-order valence-corrected chi connectivity index (χ2v) is 5.17. The number of amides is 1. The summed E-state index contributed by atoms with van der Waals surface area (Å²) in [4.78, 5) is 15.9. The van der Waals surface area contributed by atoms with Gasteiger partial charge in [0.1, 0.15) is 6.04 Å². The Hall–Kier alpha value is -2.59. The van der Waals surface area contributed by atoms with E-state index in [4.69, 9.17) is 4.52 Å². The summed E-state index contributed by atoms with van der Waals surface area (Å²) in [5, 5.41) is 5.69. The van der Waals surface area contributed by atoms with Crippen molar-refractivity contribution in [1.29, 1.82) is 0 Å². The Labute approximate surface area is 137 Å². The van der Waals surface area contributed by atoms with Crippen molar-refractivity contribution in [2.45, 2.75) is 32.2 Å². The fourth-order valence-electron chi connectivity index (χ4n) is 1.92. The molecule has 2 rings (SSSR count). The van der Waals surface area contributed by atoms with Gasteiger partial charge in [0.15, 0.2) is 5.82 Å². The summed E-state index contributed by atoms with van der Waals surface area (Å²) < 4.78 is 81.6. The number of halogens is 6. The lowest BCUT2D eigenvalue weighted by Crippen LogP contribution is -2.27. The molecule has 11 heteroatoms. The summed E-state index contributed by atoms with van der Waals surface area (Å²) in [6, 6.07) is -0.272. The number of hydrogen-bond donors (Lipinski definition) is 1. The number of aromatic nitrogens is 2. The summed E-state index contributed by atoms with van der Waals surface area (Å²) in [6.45, 7) is 2.90. The third-order valence-corrected chi connectivity index (χ3v) is 3.11. The standard InChI is InChI=1S/C14H11F6N3O2/c1-6(12-22-7(2)23-25-12)21-11(24)8-3-9(13(15,16)17)5-10(4-8)14(18,19)20/h3-6H,1-2H3,(H,21,24)/t6-/m1/s1. The van der Waals surface area contributed by atoms with E-state index in [-0.39, 0.29) is 17.8 Å². The minimum atomic E-state index is -5.04. The first-order valence-electron chi connectivity index (χ1n) is 6.78. The fourth-order valence-corrected chi connectivity index (χ4v) is 1.92. The second kappa shape index (κ2) is 6.37. The highest BCUT2D eigenvalue weighted by Gasteiger charge is 2.37. The molecule has 1 atom stereocenters. The molecule has 0 aliphatic carbocycles. The van der Waals surface area contributed by atoms with Crippen molar-refractivity contribution in [3.63, 3.8) is 0 Å². The monoisotopic (exact) mass is 367 g/mol. The minimum absolute atomic E-state index is 0.0335. The highest BCUT2D eigenvalue weighted by molar-refractivity contribution is 5.94. The summed E-state index contributed by atoms with van der Waals surface area (Å²) >= 11 is 0. The van der Waals surface area contributed by atoms with Crippen LogP contribution >= 0.6 is 0 Å². The van der Waals surface area contributed by atoms with Crippen molar-refractivity contribution >= 4 is 5.91 Å². The first kappa shape index (κ1) is 18.7. The molecule has 0 saturated carbocycles. The van der Waals surface area contributed by atoms with Gasteiger partial charge in [0.05, 0.1) is 11.1 Å². The average molecular weight is 367 g/mol. The van der Waals surface area contributed by atoms with Crippen molar-refractivity contribution < 1.29 is 35.7 Å². The van der Waals surface area contributed by atoms with Gasteiger partial charge in [0.2, 0.25) is 5.89 Å². The van der Waals surface area contributed by atoms with E-state index in [9.17, 15) is 31.1 Å². The van der Waals surface area contributed by atoms with E-state index in [1.54, 1.807) is 0 Å². The molecule has 1 N–H and O–H groups in total. The molecule has 25 heavy (non-hydrogen) atoms. The number of aryl methyl sites for hydroxylation is 1. The summed E-state index contributed by atoms with van der Waals surface area (Å²) in [5.74, 6) is -0.914. The quantitative estimate of drug-likeness (QED) is 0.836. The molecule has 0 aliphatic rings. The molecule has 136 valence electrons. The van der Waals surface area contributed by atoms with E-state index in [1.165, 1.54) is 13.8 Å². The van der Waals surface area contributed by atoms with Crippen molar-refractivity contribution in [3.05, 3.63) is 46.6 Å². The molecule has 0 radical (unpaired) electrons. The van der Waals surface area contributed by atoms with Gasteiger partial charge in [-0.2, -0.15) is 31.3 Å². The Morgan fingerprint density at radius 1 is 1.08 bits per heavy atom. The predicted octanol–water partition coefficient (Wildman–Crippen LogP) is 3.91. The number of nitrogens with one attached hydrogen (secondary N) is 1. The van der Waals surface area contributed by atoms with Crippen LogP contribution in [0, 0.1) is 6.92 Å². The van der Waals surface area contributed by atoms with E-state index in [1.807, 2.05) is 0 Å². The molecule has 0 bridgehead atoms. The molecule has 0 saturated heterocycles. The third-order valence-electron chi connectivity index (χ3n) is 3.11. The van der Waals surface area contributed by atoms with E-state index in [2.05, 4.69) is 15.5 Å². The van der Waals surface area contributed by atoms with Crippen molar-refractivity contribution in [2.75, 3.05) is 0 Å². The van der Waals surface area contributed by atoms with E-state index in [0.717, 1.165) is 0 Å². The minimum Gasteiger partial charge on any atom is -0.341 e. The summed E-state index contributed by atoms with van der Waals surface area (Å²) in [7, 11) is 0. The second-order valence-electron chi connectivity index (χ2n) is 5.17. The Balaban J connectivity index is 2.35. The van der Waals surface area contributed by atoms with Crippen molar-refractivity contribution in [1.82, 2.24) is 15.5 Å². The molecule has 2 aromatic rings. The van der Waals surface area contributed by atoms with Gasteiger partial charge in [-0.25, -0.2) is 0 Å². The Morgan fingerprint density at radius 2 is 1.60 bits per heavy atom. The lowest BCUT2D eigenvalue weighted by atomic mass is 10.0. The molecule has 0 aliphatic heterocycles. The van der Waals surface area contributed by atoms with Gasteiger partial charge < -0.3 is 9.84 Å². The van der Waals surface area contributed by atoms with Crippen LogP contribution in [0.5, 0.6) is 0 Å². The molecule has 0 fully saturated rings. The van der Waals surface area contributed by atoms with E-state index in [0.29, 0.717) is 12.1 Å². The molecule has 1 amide bonds. The van der Waals surface area contributed by atoms with Gasteiger partial charge in [0.25, 0.3) is 5.91 Å². The van der Waals surface area contributed by atoms with Crippen LogP contribution in [-0.2, 0) is 12.4 Å². The summed E-state index contributed by atoms with van der Waals surface area (Å²) in [6.07, 6.45) is -10.1. The van der Waals surface area contributed by atoms with Crippen LogP contribution in [-0.4, -0.2) is 16.0 Å². The van der Waals surface area contributed by atoms with Gasteiger partial charge >= 0.3 is 12.4 Å². The Morgan fingerprint density at radius 3 is 2.00 bits per heavy atom. The van der Waals surface area contributed by atoms with Gasteiger partial charge in [-0.05, 0) is 32.0 Å². The number of nitrogens with zero attached hydrogens (tertiary/aromatic N) is 2. The zero-order chi connectivity index (χ0) is 19.0. The Bertz CT molecular complexity index is 749. The van der Waals surface area contributed by atoms with Gasteiger partial charge in [-0.1, -0.05) is 5.16 Å². The van der Waals surface area contributed by atoms with E-state index >= 15 is 0 Å². The predicted molar refractivity (Wildman–Crippen MR) is 71.4 cm³/mol. The molecular formula is C14H11F6N3O2. The van der Waals surface area contributed by atoms with Crippen LogP contribution < -0.4 is 5.32 Å². The number of alkyl halides is 6. The van der Waals surface area contributed by atoms with Gasteiger partial charge in [-0.15, -0.1) is 0 Å². The third kappa shape index (κ3) is 4.48. The van der Waals surface area contributed by atoms with Crippen LogP contribution in [0.3, 0.4) is 0 Å². The average Bonchev–Trinajstić information content (AvgIpc) is 2.91. The maximum absolute atomic E-state index is 12.8. The number of carbonyl (C=O) groups is 1. The Kier molecular flexibility index (Phi) is 4.78. The maximum atomic E-state index is 12.8. The topological polar surface area (TPSA) is 68.0 Å². The number of benzene rings is 1. The van der Waals surface area contributed by atoms with Crippen molar-refractivity contribution in [2.24, 2.45) is 0 Å². The zero-order valence-electron chi connectivity index (χ0n) is 12.8. The molecule has 1 aromatic heterocycles. The number of rotatable bonds is 3. The van der Waals surface area contributed by atoms with Crippen LogP contribution in [0.1, 0.15) is 46.2 Å². The fraction of sp³-hybridized carbons (Fsp3) is 0.357. The highest BCUT2D eigenvalue weighted by Crippen LogP contribution is 2.36. The zero-order valence-corrected chi connectivity index (χ0v) is 12.8. The van der Waals surface area contributed by atoms with Gasteiger partial charge in [-0.3, -0.25) is 4.79 Å². The largest absolute Gasteiger partial charge is 0.416 e. The van der Waals surface area contributed by atoms with E-state index < -0.39 is 41.0 Å². The summed E-state index contributed by atoms with van der Waals surface area (Å²) in [5.41, 5.74) is -3.94. The lowest BCUT2D eigenvalue weighted by Gasteiger charge is -2.15. The molecule has 1 heterocycles. The van der Waals surface area contributed by atoms with Crippen LogP contribution in [0.2, 0.25) is 0 Å². The number of hydrogen-bond acceptors (Lipinski definition) is 4. The highest BCUT2D eigenvalue weighted by atomic mass is 19.4. The molecule has 0 spiro atoms. The molecule has 0 unspecified atom stereocenters. The normalized spacial score (nSPS) is 13.6. The first-order chi connectivity index (χ1) is 11.4. The first-order valence-corrected chi connectivity index (χ1v) is 6.78. The molecular weight excluding hydrogens is 356 g/mol. The number of carbonyl (C=O) groups excluding carboxylic acids is 1. The smallest absolute Gasteiger partial charge is 0.341 e. The van der Waals surface area contributed by atoms with Crippen molar-refractivity contribution in [3.8, 4) is 0 Å². The SMILES string of the molecule is Cc1noc([C@@H](C)NC(=O)c2cc(C(F)(F)F)cc(C(F)(F)F)c2)n1. The van der Waals surface area contributed by atoms with Gasteiger partial charge in [0, 0.05) is 5.56 Å². The van der Waals surface area contributed by atoms with Crippen LogP contribution in [0.15, 0.2) is 22.7 Å².